The Morgan fingerprint density at radius 3 is 1.75 bits per heavy atom. The molecule has 4 rings (SSSR count). The lowest BCUT2D eigenvalue weighted by Gasteiger charge is -2.17. The van der Waals surface area contributed by atoms with Gasteiger partial charge in [-0.3, -0.25) is 0 Å². The van der Waals surface area contributed by atoms with E-state index in [9.17, 15) is 0 Å². The van der Waals surface area contributed by atoms with Gasteiger partial charge in [0.1, 0.15) is 11.5 Å². The van der Waals surface area contributed by atoms with Crippen molar-refractivity contribution >= 4 is 21.5 Å². The van der Waals surface area contributed by atoms with Gasteiger partial charge >= 0.3 is 0 Å². The predicted octanol–water partition coefficient (Wildman–Crippen LogP) is 6.66. The summed E-state index contributed by atoms with van der Waals surface area (Å²) < 4.78 is 6.48. The lowest BCUT2D eigenvalue weighted by atomic mass is 9.96. The highest BCUT2D eigenvalue weighted by atomic mass is 16.5. The third-order valence-electron chi connectivity index (χ3n) is 4.72. The summed E-state index contributed by atoms with van der Waals surface area (Å²) in [6.45, 7) is 4.35. The van der Waals surface area contributed by atoms with E-state index in [2.05, 4.69) is 80.6 Å². The Labute approximate surface area is 142 Å². The first kappa shape index (κ1) is 14.8. The highest BCUT2D eigenvalue weighted by molar-refractivity contribution is 6.08. The predicted molar refractivity (Wildman–Crippen MR) is 102 cm³/mol. The molecule has 24 heavy (non-hydrogen) atoms. The fourth-order valence-electron chi connectivity index (χ4n) is 3.42. The van der Waals surface area contributed by atoms with Crippen molar-refractivity contribution in [2.24, 2.45) is 0 Å². The summed E-state index contributed by atoms with van der Waals surface area (Å²) in [6, 6.07) is 25.3. The average molecular weight is 312 g/mol. The molecular formula is C23H20O. The van der Waals surface area contributed by atoms with E-state index >= 15 is 0 Å². The monoisotopic (exact) mass is 312 g/mol. The second-order valence-corrected chi connectivity index (χ2v) is 6.11. The number of ether oxygens (including phenoxy) is 1. The lowest BCUT2D eigenvalue weighted by molar-refractivity contribution is 0.487. The number of hydrogen-bond donors (Lipinski definition) is 0. The molecule has 0 N–H and O–H groups in total. The first-order chi connectivity index (χ1) is 11.8. The van der Waals surface area contributed by atoms with Crippen LogP contribution in [0.1, 0.15) is 18.1 Å². The molecule has 0 aromatic heterocycles. The Kier molecular flexibility index (Phi) is 3.70. The van der Waals surface area contributed by atoms with Gasteiger partial charge in [0.05, 0.1) is 0 Å². The molecule has 0 saturated heterocycles. The molecule has 0 fully saturated rings. The zero-order chi connectivity index (χ0) is 16.5. The maximum atomic E-state index is 6.48. The van der Waals surface area contributed by atoms with Crippen LogP contribution in [0.2, 0.25) is 0 Å². The first-order valence-corrected chi connectivity index (χ1v) is 8.45. The summed E-state index contributed by atoms with van der Waals surface area (Å²) in [6.07, 6.45) is 0.956. The molecule has 0 bridgehead atoms. The summed E-state index contributed by atoms with van der Waals surface area (Å²) in [5.74, 6) is 1.90. The van der Waals surface area contributed by atoms with E-state index in [-0.39, 0.29) is 0 Å². The molecule has 0 aliphatic rings. The van der Waals surface area contributed by atoms with E-state index in [0.717, 1.165) is 17.9 Å². The van der Waals surface area contributed by atoms with Crippen LogP contribution in [-0.4, -0.2) is 0 Å². The van der Waals surface area contributed by atoms with Crippen LogP contribution < -0.4 is 4.74 Å². The molecule has 0 unspecified atom stereocenters. The second kappa shape index (κ2) is 6.01. The van der Waals surface area contributed by atoms with Gasteiger partial charge in [-0.1, -0.05) is 73.7 Å². The van der Waals surface area contributed by atoms with Crippen LogP contribution >= 0.6 is 0 Å². The number of rotatable bonds is 3. The lowest BCUT2D eigenvalue weighted by Crippen LogP contribution is -1.94. The quantitative estimate of drug-likeness (QED) is 0.384. The van der Waals surface area contributed by atoms with Crippen LogP contribution in [0.15, 0.2) is 72.8 Å². The van der Waals surface area contributed by atoms with Gasteiger partial charge in [0, 0.05) is 10.8 Å². The number of aryl methyl sites for hydroxylation is 2. The molecule has 0 atom stereocenters. The van der Waals surface area contributed by atoms with E-state index in [1.807, 2.05) is 6.07 Å². The normalized spacial score (nSPS) is 11.1. The van der Waals surface area contributed by atoms with Crippen molar-refractivity contribution in [3.63, 3.8) is 0 Å². The zero-order valence-electron chi connectivity index (χ0n) is 14.0. The molecule has 1 heteroatoms. The van der Waals surface area contributed by atoms with Crippen LogP contribution in [0.25, 0.3) is 21.5 Å². The Morgan fingerprint density at radius 1 is 0.667 bits per heavy atom. The number of para-hydroxylation sites is 1. The van der Waals surface area contributed by atoms with Gasteiger partial charge in [-0.15, -0.1) is 0 Å². The molecule has 4 aromatic rings. The topological polar surface area (TPSA) is 9.23 Å². The van der Waals surface area contributed by atoms with Crippen LogP contribution in [0.5, 0.6) is 11.5 Å². The van der Waals surface area contributed by atoms with Crippen molar-refractivity contribution < 1.29 is 4.74 Å². The van der Waals surface area contributed by atoms with Crippen molar-refractivity contribution in [2.75, 3.05) is 0 Å². The Balaban J connectivity index is 2.04. The van der Waals surface area contributed by atoms with E-state index in [0.29, 0.717) is 0 Å². The van der Waals surface area contributed by atoms with Gasteiger partial charge in [-0.2, -0.15) is 0 Å². The summed E-state index contributed by atoms with van der Waals surface area (Å²) in [5.41, 5.74) is 2.53. The molecule has 0 spiro atoms. The smallest absolute Gasteiger partial charge is 0.143 e. The van der Waals surface area contributed by atoms with E-state index in [1.54, 1.807) is 0 Å². The molecular weight excluding hydrogens is 292 g/mol. The van der Waals surface area contributed by atoms with E-state index < -0.39 is 0 Å². The van der Waals surface area contributed by atoms with Gasteiger partial charge in [0.15, 0.2) is 0 Å². The molecule has 0 aliphatic heterocycles. The van der Waals surface area contributed by atoms with E-state index in [4.69, 9.17) is 4.74 Å². The van der Waals surface area contributed by atoms with Crippen LogP contribution in [0, 0.1) is 6.92 Å². The summed E-state index contributed by atoms with van der Waals surface area (Å²) in [4.78, 5) is 0. The van der Waals surface area contributed by atoms with Gasteiger partial charge in [-0.25, -0.2) is 0 Å². The van der Waals surface area contributed by atoms with Crippen LogP contribution in [0.4, 0.5) is 0 Å². The van der Waals surface area contributed by atoms with Gasteiger partial charge in [-0.05, 0) is 41.3 Å². The Morgan fingerprint density at radius 2 is 1.17 bits per heavy atom. The summed E-state index contributed by atoms with van der Waals surface area (Å²) >= 11 is 0. The van der Waals surface area contributed by atoms with Crippen LogP contribution in [-0.2, 0) is 6.42 Å². The largest absolute Gasteiger partial charge is 0.456 e. The third-order valence-corrected chi connectivity index (χ3v) is 4.72. The zero-order valence-corrected chi connectivity index (χ0v) is 14.0. The number of hydrogen-bond acceptors (Lipinski definition) is 1. The second-order valence-electron chi connectivity index (χ2n) is 6.11. The van der Waals surface area contributed by atoms with Crippen molar-refractivity contribution in [3.8, 4) is 11.5 Å². The molecule has 0 heterocycles. The van der Waals surface area contributed by atoms with E-state index in [1.165, 1.54) is 32.7 Å². The molecule has 4 aromatic carbocycles. The SMILES string of the molecule is CCc1ccccc1Oc1c2ccccc2c(C)c2ccccc12. The molecule has 0 saturated carbocycles. The maximum absolute atomic E-state index is 6.48. The highest BCUT2D eigenvalue weighted by Crippen LogP contribution is 2.40. The average Bonchev–Trinajstić information content (AvgIpc) is 2.65. The fourth-order valence-corrected chi connectivity index (χ4v) is 3.42. The molecule has 0 aliphatic carbocycles. The summed E-state index contributed by atoms with van der Waals surface area (Å²) in [7, 11) is 0. The standard InChI is InChI=1S/C23H20O/c1-3-17-10-4-9-15-22(17)24-23-20-13-7-5-11-18(20)16(2)19-12-6-8-14-21(19)23/h4-15H,3H2,1-2H3. The number of benzene rings is 4. The maximum Gasteiger partial charge on any atom is 0.143 e. The van der Waals surface area contributed by atoms with Gasteiger partial charge < -0.3 is 4.74 Å². The molecule has 0 amide bonds. The highest BCUT2D eigenvalue weighted by Gasteiger charge is 2.13. The van der Waals surface area contributed by atoms with Gasteiger partial charge in [0.25, 0.3) is 0 Å². The van der Waals surface area contributed by atoms with Crippen molar-refractivity contribution in [1.82, 2.24) is 0 Å². The third kappa shape index (κ3) is 2.33. The Bertz CT molecular complexity index is 973. The Hall–Kier alpha value is -2.80. The van der Waals surface area contributed by atoms with Crippen molar-refractivity contribution in [3.05, 3.63) is 83.9 Å². The fraction of sp³-hybridized carbons (Fsp3) is 0.130. The minimum atomic E-state index is 0.944. The molecule has 0 radical (unpaired) electrons. The van der Waals surface area contributed by atoms with Crippen molar-refractivity contribution in [2.45, 2.75) is 20.3 Å². The minimum Gasteiger partial charge on any atom is -0.456 e. The van der Waals surface area contributed by atoms with Crippen molar-refractivity contribution in [1.29, 1.82) is 0 Å². The molecule has 118 valence electrons. The molecule has 1 nitrogen and oxygen atoms in total. The first-order valence-electron chi connectivity index (χ1n) is 8.45. The van der Waals surface area contributed by atoms with Crippen LogP contribution in [0.3, 0.4) is 0 Å². The number of fused-ring (bicyclic) bond motifs is 2. The van der Waals surface area contributed by atoms with Gasteiger partial charge in [0.2, 0.25) is 0 Å². The minimum absolute atomic E-state index is 0.944. The summed E-state index contributed by atoms with van der Waals surface area (Å²) in [5, 5.41) is 4.83.